The van der Waals surface area contributed by atoms with Gasteiger partial charge in [0.05, 0.1) is 10.9 Å². The molecular formula is C16H17ClN2O3S. The van der Waals surface area contributed by atoms with Crippen LogP contribution in [0, 0.1) is 6.92 Å². The molecule has 7 heteroatoms. The third-order valence-corrected chi connectivity index (χ3v) is 4.94. The Hall–Kier alpha value is -1.89. The van der Waals surface area contributed by atoms with Crippen molar-refractivity contribution in [1.82, 2.24) is 4.72 Å². The number of sulfonamides is 1. The van der Waals surface area contributed by atoms with E-state index in [0.717, 1.165) is 5.56 Å². The van der Waals surface area contributed by atoms with Gasteiger partial charge in [-0.15, -0.1) is 0 Å². The van der Waals surface area contributed by atoms with Crippen LogP contribution in [0.15, 0.2) is 53.4 Å². The van der Waals surface area contributed by atoms with Crippen LogP contribution in [0.2, 0.25) is 5.02 Å². The number of amides is 1. The maximum absolute atomic E-state index is 12.2. The standard InChI is InChI=1S/C16H17ClN2O3S/c1-11-4-3-5-14(10-11)18-16(20)12(2)19-23(21,22)15-8-6-13(17)7-9-15/h3-10,12,19H,1-2H3,(H,18,20)/t12-/m1/s1. The molecule has 0 aliphatic heterocycles. The van der Waals surface area contributed by atoms with E-state index in [2.05, 4.69) is 10.0 Å². The van der Waals surface area contributed by atoms with Gasteiger partial charge in [0.15, 0.2) is 0 Å². The molecule has 0 bridgehead atoms. The van der Waals surface area contributed by atoms with Gasteiger partial charge in [0.1, 0.15) is 0 Å². The molecule has 0 saturated carbocycles. The summed E-state index contributed by atoms with van der Waals surface area (Å²) in [6.07, 6.45) is 0. The van der Waals surface area contributed by atoms with Crippen molar-refractivity contribution < 1.29 is 13.2 Å². The minimum atomic E-state index is -3.79. The molecule has 0 aromatic heterocycles. The lowest BCUT2D eigenvalue weighted by atomic mass is 10.2. The van der Waals surface area contributed by atoms with Crippen LogP contribution in [0.25, 0.3) is 0 Å². The summed E-state index contributed by atoms with van der Waals surface area (Å²) >= 11 is 5.74. The summed E-state index contributed by atoms with van der Waals surface area (Å²) in [4.78, 5) is 12.2. The number of carbonyl (C=O) groups excluding carboxylic acids is 1. The molecule has 2 rings (SSSR count). The molecule has 0 aliphatic rings. The minimum Gasteiger partial charge on any atom is -0.325 e. The summed E-state index contributed by atoms with van der Waals surface area (Å²) < 4.78 is 26.8. The van der Waals surface area contributed by atoms with E-state index in [-0.39, 0.29) is 4.90 Å². The van der Waals surface area contributed by atoms with Gasteiger partial charge in [-0.3, -0.25) is 4.79 Å². The summed E-state index contributed by atoms with van der Waals surface area (Å²) in [5.74, 6) is -0.437. The number of hydrogen-bond acceptors (Lipinski definition) is 3. The van der Waals surface area contributed by atoms with Gasteiger partial charge >= 0.3 is 0 Å². The summed E-state index contributed by atoms with van der Waals surface area (Å²) in [7, 11) is -3.79. The molecule has 5 nitrogen and oxygen atoms in total. The highest BCUT2D eigenvalue weighted by Crippen LogP contribution is 2.15. The Morgan fingerprint density at radius 3 is 2.39 bits per heavy atom. The highest BCUT2D eigenvalue weighted by Gasteiger charge is 2.22. The first-order valence-corrected chi connectivity index (χ1v) is 8.79. The number of benzene rings is 2. The van der Waals surface area contributed by atoms with Crippen LogP contribution < -0.4 is 10.0 Å². The number of halogens is 1. The van der Waals surface area contributed by atoms with Crippen LogP contribution in [0.3, 0.4) is 0 Å². The second kappa shape index (κ2) is 7.12. The van der Waals surface area contributed by atoms with Crippen LogP contribution in [0.4, 0.5) is 5.69 Å². The van der Waals surface area contributed by atoms with Crippen LogP contribution >= 0.6 is 11.6 Å². The number of aryl methyl sites for hydroxylation is 1. The van der Waals surface area contributed by atoms with Gasteiger partial charge in [-0.05, 0) is 55.8 Å². The molecule has 2 N–H and O–H groups in total. The maximum Gasteiger partial charge on any atom is 0.242 e. The first kappa shape index (κ1) is 17.5. The summed E-state index contributed by atoms with van der Waals surface area (Å²) in [6, 6.07) is 12.1. The summed E-state index contributed by atoms with van der Waals surface area (Å²) in [5.41, 5.74) is 1.62. The van der Waals surface area contributed by atoms with Crippen molar-refractivity contribution in [3.63, 3.8) is 0 Å². The predicted molar refractivity (Wildman–Crippen MR) is 91.0 cm³/mol. The smallest absolute Gasteiger partial charge is 0.242 e. The van der Waals surface area contributed by atoms with E-state index in [1.54, 1.807) is 12.1 Å². The number of hydrogen-bond donors (Lipinski definition) is 2. The summed E-state index contributed by atoms with van der Waals surface area (Å²) in [6.45, 7) is 3.39. The Balaban J connectivity index is 2.06. The first-order valence-electron chi connectivity index (χ1n) is 6.93. The molecule has 2 aromatic rings. The average molecular weight is 353 g/mol. The van der Waals surface area contributed by atoms with Gasteiger partial charge in [-0.1, -0.05) is 23.7 Å². The minimum absolute atomic E-state index is 0.0529. The highest BCUT2D eigenvalue weighted by molar-refractivity contribution is 7.89. The molecule has 2 aromatic carbocycles. The van der Waals surface area contributed by atoms with E-state index in [0.29, 0.717) is 10.7 Å². The Morgan fingerprint density at radius 2 is 1.78 bits per heavy atom. The number of rotatable bonds is 5. The van der Waals surface area contributed by atoms with Crippen LogP contribution in [0.5, 0.6) is 0 Å². The fraction of sp³-hybridized carbons (Fsp3) is 0.188. The third kappa shape index (κ3) is 4.79. The number of nitrogens with one attached hydrogen (secondary N) is 2. The lowest BCUT2D eigenvalue weighted by Crippen LogP contribution is -2.41. The van der Waals surface area contributed by atoms with Crippen molar-refractivity contribution in [1.29, 1.82) is 0 Å². The van der Waals surface area contributed by atoms with Crippen LogP contribution in [-0.2, 0) is 14.8 Å². The van der Waals surface area contributed by atoms with E-state index in [1.165, 1.54) is 31.2 Å². The van der Waals surface area contributed by atoms with Gasteiger partial charge in [-0.2, -0.15) is 4.72 Å². The molecule has 0 spiro atoms. The Kier molecular flexibility index (Phi) is 5.41. The van der Waals surface area contributed by atoms with Crippen molar-refractivity contribution in [2.24, 2.45) is 0 Å². The normalized spacial score (nSPS) is 12.7. The number of carbonyl (C=O) groups is 1. The Labute approximate surface area is 140 Å². The van der Waals surface area contributed by atoms with Gasteiger partial charge < -0.3 is 5.32 Å². The molecule has 23 heavy (non-hydrogen) atoms. The second-order valence-electron chi connectivity index (χ2n) is 5.16. The molecule has 0 heterocycles. The first-order chi connectivity index (χ1) is 10.8. The van der Waals surface area contributed by atoms with E-state index in [9.17, 15) is 13.2 Å². The molecular weight excluding hydrogens is 336 g/mol. The molecule has 0 unspecified atom stereocenters. The van der Waals surface area contributed by atoms with Crippen LogP contribution in [-0.4, -0.2) is 20.4 Å². The number of anilines is 1. The lowest BCUT2D eigenvalue weighted by molar-refractivity contribution is -0.117. The zero-order valence-corrected chi connectivity index (χ0v) is 14.3. The molecule has 0 radical (unpaired) electrons. The lowest BCUT2D eigenvalue weighted by Gasteiger charge is -2.14. The predicted octanol–water partition coefficient (Wildman–Crippen LogP) is 2.95. The fourth-order valence-corrected chi connectivity index (χ4v) is 3.27. The van der Waals surface area contributed by atoms with Crippen molar-refractivity contribution in [3.05, 3.63) is 59.1 Å². The largest absolute Gasteiger partial charge is 0.325 e. The van der Waals surface area contributed by atoms with Crippen molar-refractivity contribution in [2.45, 2.75) is 24.8 Å². The monoisotopic (exact) mass is 352 g/mol. The average Bonchev–Trinajstić information content (AvgIpc) is 2.47. The molecule has 0 aliphatic carbocycles. The second-order valence-corrected chi connectivity index (χ2v) is 7.31. The van der Waals surface area contributed by atoms with E-state index < -0.39 is 22.0 Å². The SMILES string of the molecule is Cc1cccc(NC(=O)[C@@H](C)NS(=O)(=O)c2ccc(Cl)cc2)c1. The van der Waals surface area contributed by atoms with Crippen LogP contribution in [0.1, 0.15) is 12.5 Å². The van der Waals surface area contributed by atoms with Gasteiger partial charge in [0.25, 0.3) is 0 Å². The van der Waals surface area contributed by atoms with Crippen molar-refractivity contribution >= 4 is 33.2 Å². The quantitative estimate of drug-likeness (QED) is 0.868. The highest BCUT2D eigenvalue weighted by atomic mass is 35.5. The van der Waals surface area contributed by atoms with Gasteiger partial charge in [0, 0.05) is 10.7 Å². The topological polar surface area (TPSA) is 75.3 Å². The third-order valence-electron chi connectivity index (χ3n) is 3.13. The molecule has 122 valence electrons. The fourth-order valence-electron chi connectivity index (χ4n) is 1.94. The van der Waals surface area contributed by atoms with Crippen molar-refractivity contribution in [2.75, 3.05) is 5.32 Å². The van der Waals surface area contributed by atoms with Gasteiger partial charge in [-0.25, -0.2) is 8.42 Å². The summed E-state index contributed by atoms with van der Waals surface area (Å²) in [5, 5.41) is 3.12. The van der Waals surface area contributed by atoms with E-state index in [4.69, 9.17) is 11.6 Å². The zero-order valence-electron chi connectivity index (χ0n) is 12.7. The Morgan fingerprint density at radius 1 is 1.13 bits per heavy atom. The molecule has 1 atom stereocenters. The van der Waals surface area contributed by atoms with E-state index in [1.807, 2.05) is 19.1 Å². The molecule has 0 fully saturated rings. The van der Waals surface area contributed by atoms with Crippen molar-refractivity contribution in [3.8, 4) is 0 Å². The maximum atomic E-state index is 12.2. The zero-order chi connectivity index (χ0) is 17.0. The van der Waals surface area contributed by atoms with Gasteiger partial charge in [0.2, 0.25) is 15.9 Å². The Bertz CT molecular complexity index is 804. The van der Waals surface area contributed by atoms with E-state index >= 15 is 0 Å². The molecule has 1 amide bonds. The molecule has 0 saturated heterocycles.